The number of hydrogen-bond donors (Lipinski definition) is 0. The Balaban J connectivity index is 1.79. The molecule has 0 amide bonds. The summed E-state index contributed by atoms with van der Waals surface area (Å²) < 4.78 is 7.53. The lowest BCUT2D eigenvalue weighted by molar-refractivity contribution is 0.301. The first kappa shape index (κ1) is 11.0. The first-order chi connectivity index (χ1) is 8.83. The number of rotatable bonds is 3. The Morgan fingerprint density at radius 1 is 1.22 bits per heavy atom. The van der Waals surface area contributed by atoms with Crippen LogP contribution in [0.15, 0.2) is 48.9 Å². The molecule has 0 atom stereocenters. The van der Waals surface area contributed by atoms with Gasteiger partial charge in [0.15, 0.2) is 10.9 Å². The van der Waals surface area contributed by atoms with Crippen LogP contribution in [0.1, 0.15) is 5.69 Å². The number of hydrogen-bond acceptors (Lipinski definition) is 3. The van der Waals surface area contributed by atoms with Crippen LogP contribution in [-0.2, 0) is 6.61 Å². The lowest BCUT2D eigenvalue weighted by Gasteiger charge is -2.04. The Kier molecular flexibility index (Phi) is 2.86. The molecular weight excluding hydrogens is 250 g/mol. The fourth-order valence-electron chi connectivity index (χ4n) is 1.69. The third-order valence-electron chi connectivity index (χ3n) is 2.51. The lowest BCUT2D eigenvalue weighted by atomic mass is 10.4. The smallest absolute Gasteiger partial charge is 0.171 e. The van der Waals surface area contributed by atoms with E-state index in [1.807, 2.05) is 35.0 Å². The zero-order valence-electron chi connectivity index (χ0n) is 9.45. The van der Waals surface area contributed by atoms with E-state index in [-0.39, 0.29) is 0 Å². The zero-order valence-corrected chi connectivity index (χ0v) is 10.2. The molecular formula is C13H10ClN3O. The number of halogens is 1. The van der Waals surface area contributed by atoms with Crippen LogP contribution in [-0.4, -0.2) is 14.4 Å². The molecule has 3 heterocycles. The van der Waals surface area contributed by atoms with Gasteiger partial charge in [0, 0.05) is 18.6 Å². The molecule has 0 saturated heterocycles. The number of imidazole rings is 1. The summed E-state index contributed by atoms with van der Waals surface area (Å²) in [5, 5.41) is 0.362. The summed E-state index contributed by atoms with van der Waals surface area (Å²) in [6.45, 7) is 0.368. The van der Waals surface area contributed by atoms with Crippen molar-refractivity contribution in [3.05, 3.63) is 59.8 Å². The highest BCUT2D eigenvalue weighted by molar-refractivity contribution is 6.30. The molecule has 0 saturated carbocycles. The molecule has 3 aromatic heterocycles. The monoisotopic (exact) mass is 259 g/mol. The third kappa shape index (κ3) is 2.15. The Morgan fingerprint density at radius 2 is 2.17 bits per heavy atom. The first-order valence-electron chi connectivity index (χ1n) is 5.49. The van der Waals surface area contributed by atoms with Gasteiger partial charge in [-0.25, -0.2) is 9.97 Å². The van der Waals surface area contributed by atoms with Crippen LogP contribution in [0.2, 0.25) is 5.15 Å². The fourth-order valence-corrected chi connectivity index (χ4v) is 1.86. The standard InChI is InChI=1S/C13H10ClN3O/c14-13-11(4-3-6-15-13)18-9-10-8-17-7-2-1-5-12(17)16-10/h1-8H,9H2. The largest absolute Gasteiger partial charge is 0.484 e. The number of nitrogens with zero attached hydrogens (tertiary/aromatic N) is 3. The van der Waals surface area contributed by atoms with Crippen LogP contribution in [0.4, 0.5) is 0 Å². The van der Waals surface area contributed by atoms with Gasteiger partial charge in [0.2, 0.25) is 0 Å². The average Bonchev–Trinajstić information content (AvgIpc) is 2.80. The Labute approximate surface area is 109 Å². The van der Waals surface area contributed by atoms with E-state index in [2.05, 4.69) is 9.97 Å². The van der Waals surface area contributed by atoms with Gasteiger partial charge in [-0.3, -0.25) is 0 Å². The van der Waals surface area contributed by atoms with E-state index in [9.17, 15) is 0 Å². The van der Waals surface area contributed by atoms with E-state index >= 15 is 0 Å². The Morgan fingerprint density at radius 3 is 3.00 bits per heavy atom. The molecule has 0 aromatic carbocycles. The molecule has 0 fully saturated rings. The van der Waals surface area contributed by atoms with Crippen LogP contribution in [0, 0.1) is 0 Å². The van der Waals surface area contributed by atoms with Crippen molar-refractivity contribution in [3.8, 4) is 5.75 Å². The molecule has 0 radical (unpaired) electrons. The van der Waals surface area contributed by atoms with Crippen molar-refractivity contribution in [2.24, 2.45) is 0 Å². The van der Waals surface area contributed by atoms with Crippen molar-refractivity contribution < 1.29 is 4.74 Å². The maximum Gasteiger partial charge on any atom is 0.171 e. The number of aromatic nitrogens is 3. The second-order valence-corrected chi connectivity index (χ2v) is 4.14. The van der Waals surface area contributed by atoms with E-state index in [1.54, 1.807) is 18.3 Å². The molecule has 90 valence electrons. The molecule has 0 spiro atoms. The van der Waals surface area contributed by atoms with E-state index < -0.39 is 0 Å². The molecule has 0 aliphatic heterocycles. The molecule has 0 aliphatic carbocycles. The van der Waals surface area contributed by atoms with Gasteiger partial charge in [0.25, 0.3) is 0 Å². The van der Waals surface area contributed by atoms with Crippen molar-refractivity contribution in [2.45, 2.75) is 6.61 Å². The molecule has 0 aliphatic rings. The molecule has 3 aromatic rings. The molecule has 5 heteroatoms. The molecule has 4 nitrogen and oxygen atoms in total. The molecule has 0 N–H and O–H groups in total. The minimum atomic E-state index is 0.362. The van der Waals surface area contributed by atoms with Crippen LogP contribution >= 0.6 is 11.6 Å². The summed E-state index contributed by atoms with van der Waals surface area (Å²) in [5.41, 5.74) is 1.74. The zero-order chi connectivity index (χ0) is 12.4. The third-order valence-corrected chi connectivity index (χ3v) is 2.80. The summed E-state index contributed by atoms with van der Waals surface area (Å²) in [4.78, 5) is 8.38. The highest BCUT2D eigenvalue weighted by Crippen LogP contribution is 2.21. The maximum absolute atomic E-state index is 5.91. The molecule has 0 bridgehead atoms. The highest BCUT2D eigenvalue weighted by Gasteiger charge is 2.04. The summed E-state index contributed by atoms with van der Waals surface area (Å²) in [6, 6.07) is 9.42. The summed E-state index contributed by atoms with van der Waals surface area (Å²) >= 11 is 5.91. The van der Waals surface area contributed by atoms with Gasteiger partial charge in [0.1, 0.15) is 12.3 Å². The number of fused-ring (bicyclic) bond motifs is 1. The van der Waals surface area contributed by atoms with Crippen LogP contribution in [0.5, 0.6) is 5.75 Å². The van der Waals surface area contributed by atoms with Gasteiger partial charge in [0.05, 0.1) is 5.69 Å². The van der Waals surface area contributed by atoms with Crippen LogP contribution < -0.4 is 4.74 Å². The van der Waals surface area contributed by atoms with Crippen molar-refractivity contribution >= 4 is 17.2 Å². The molecule has 18 heavy (non-hydrogen) atoms. The van der Waals surface area contributed by atoms with Crippen molar-refractivity contribution in [3.63, 3.8) is 0 Å². The van der Waals surface area contributed by atoms with E-state index in [0.717, 1.165) is 11.3 Å². The second-order valence-electron chi connectivity index (χ2n) is 3.78. The fraction of sp³-hybridized carbons (Fsp3) is 0.0769. The minimum absolute atomic E-state index is 0.362. The molecule has 0 unspecified atom stereocenters. The topological polar surface area (TPSA) is 39.4 Å². The Bertz CT molecular complexity index is 648. The van der Waals surface area contributed by atoms with Gasteiger partial charge in [-0.05, 0) is 24.3 Å². The normalized spacial score (nSPS) is 10.7. The summed E-state index contributed by atoms with van der Waals surface area (Å²) in [7, 11) is 0. The average molecular weight is 260 g/mol. The predicted molar refractivity (Wildman–Crippen MR) is 68.8 cm³/mol. The van der Waals surface area contributed by atoms with Crippen LogP contribution in [0.3, 0.4) is 0 Å². The Hall–Kier alpha value is -2.07. The van der Waals surface area contributed by atoms with Crippen LogP contribution in [0.25, 0.3) is 5.65 Å². The van der Waals surface area contributed by atoms with Crippen molar-refractivity contribution in [1.29, 1.82) is 0 Å². The number of pyridine rings is 2. The van der Waals surface area contributed by atoms with Gasteiger partial charge in [-0.1, -0.05) is 17.7 Å². The van der Waals surface area contributed by atoms with E-state index in [1.165, 1.54) is 0 Å². The minimum Gasteiger partial charge on any atom is -0.484 e. The molecule has 3 rings (SSSR count). The quantitative estimate of drug-likeness (QED) is 0.679. The van der Waals surface area contributed by atoms with Gasteiger partial charge < -0.3 is 9.14 Å². The highest BCUT2D eigenvalue weighted by atomic mass is 35.5. The summed E-state index contributed by atoms with van der Waals surface area (Å²) in [6.07, 6.45) is 5.50. The van der Waals surface area contributed by atoms with E-state index in [4.69, 9.17) is 16.3 Å². The first-order valence-corrected chi connectivity index (χ1v) is 5.87. The van der Waals surface area contributed by atoms with E-state index in [0.29, 0.717) is 17.5 Å². The number of ether oxygens (including phenoxy) is 1. The van der Waals surface area contributed by atoms with Crippen molar-refractivity contribution in [2.75, 3.05) is 0 Å². The SMILES string of the molecule is Clc1ncccc1OCc1cn2ccccc2n1. The second kappa shape index (κ2) is 4.66. The maximum atomic E-state index is 5.91. The van der Waals surface area contributed by atoms with Gasteiger partial charge in [-0.2, -0.15) is 0 Å². The van der Waals surface area contributed by atoms with Crippen molar-refractivity contribution in [1.82, 2.24) is 14.4 Å². The lowest BCUT2D eigenvalue weighted by Crippen LogP contribution is -1.96. The summed E-state index contributed by atoms with van der Waals surface area (Å²) in [5.74, 6) is 0.566. The van der Waals surface area contributed by atoms with Gasteiger partial charge >= 0.3 is 0 Å². The van der Waals surface area contributed by atoms with Gasteiger partial charge in [-0.15, -0.1) is 0 Å². The predicted octanol–water partition coefficient (Wildman–Crippen LogP) is 2.96.